The molecular weight excluding hydrogens is 1650 g/mol. The summed E-state index contributed by atoms with van der Waals surface area (Å²) in [5, 5.41) is 2.96. The van der Waals surface area contributed by atoms with E-state index in [1.54, 1.807) is 51.7 Å². The zero-order valence-electron chi connectivity index (χ0n) is 77.8. The molecule has 1 unspecified atom stereocenters. The van der Waals surface area contributed by atoms with E-state index in [9.17, 15) is 33.6 Å². The lowest BCUT2D eigenvalue weighted by Gasteiger charge is -2.38. The first-order valence-electron chi connectivity index (χ1n) is 45.6. The molecule has 11 rings (SSSR count). The van der Waals surface area contributed by atoms with Crippen LogP contribution in [0.4, 0.5) is 0 Å². The first-order chi connectivity index (χ1) is 62.3. The molecule has 0 aliphatic carbocycles. The molecule has 0 radical (unpaired) electrons. The standard InChI is InChI=1S/C55H74N3O7P.C50H58N4O9/c1-40(2)36-44-22-24-45(25-23-44)43(7)53(59)20-16-11-12-17-21-54(60)57-38-52(65-66(64-35-34-56-8)58(41(3)4)42(5)6)37-49(57)39-63-55(46-18-14-13-15-19-46,47-26-30-50(61-9)31-27-47)48-28-32-51(62-10)33-29-48;1-6-53-32-43(48(59)42-27-18-34(2)52-49(42)53)44(55)16-12-7-8-13-17-46(57)54-31-41(63-47(58)29-28-45(56)51-3)30-38(54)33-62-50(35-14-10-9-11-15-35,36-19-23-39(60-4)24-20-36)37-21-25-40(61-5)26-22-37/h13-15,18-19,22-33,40-43,49,52H,11-12,16-17,20-21,34-39H2,1-7,9-10H3;9-11,14-15,18-27,32,38,41H,6-8,12-13,16-17,28-31,33H2,1-5H3,(H,51,56)/t43-,49-,52+,66?;38-,41+/m00/s1. The maximum Gasteiger partial charge on any atom is 0.306 e. The highest BCUT2D eigenvalue weighted by Crippen LogP contribution is 2.50. The molecule has 1 N–H and O–H groups in total. The van der Waals surface area contributed by atoms with E-state index in [0.717, 1.165) is 88.2 Å². The van der Waals surface area contributed by atoms with Gasteiger partial charge in [-0.3, -0.25) is 33.6 Å². The Morgan fingerprint density at radius 2 is 0.984 bits per heavy atom. The van der Waals surface area contributed by atoms with Crippen molar-refractivity contribution in [3.63, 3.8) is 0 Å². The topological polar surface area (TPSA) is 246 Å². The second-order valence-electron chi connectivity index (χ2n) is 34.3. The minimum Gasteiger partial charge on any atom is -0.497 e. The third-order valence-corrected chi connectivity index (χ3v) is 26.3. The number of ketones is 2. The number of hydrogen-bond acceptors (Lipinski definition) is 18. The number of unbranched alkanes of at least 4 members (excludes halogenated alkanes) is 6. The lowest BCUT2D eigenvalue weighted by molar-refractivity contribution is -0.150. The number of hydrogen-bond donors (Lipinski definition) is 1. The highest BCUT2D eigenvalue weighted by Gasteiger charge is 2.46. The number of ether oxygens (including phenoxy) is 7. The van der Waals surface area contributed by atoms with Gasteiger partial charge in [-0.1, -0.05) is 180 Å². The van der Waals surface area contributed by atoms with Crippen LogP contribution in [0.1, 0.15) is 225 Å². The molecule has 9 aromatic rings. The molecule has 2 fully saturated rings. The van der Waals surface area contributed by atoms with E-state index in [1.165, 1.54) is 12.6 Å². The van der Waals surface area contributed by atoms with Gasteiger partial charge in [-0.05, 0) is 191 Å². The third kappa shape index (κ3) is 26.9. The number of nitrogens with zero attached hydrogens (tertiary/aromatic N) is 6. The van der Waals surface area contributed by atoms with E-state index in [0.29, 0.717) is 92.9 Å². The summed E-state index contributed by atoms with van der Waals surface area (Å²) in [5.41, 5.74) is 6.77. The number of rotatable bonds is 48. The number of fused-ring (bicyclic) bond motifs is 1. The van der Waals surface area contributed by atoms with E-state index >= 15 is 0 Å². The summed E-state index contributed by atoms with van der Waals surface area (Å²) in [6.07, 6.45) is 9.82. The SMILES string of the molecule is CCn1cc(C(=O)CCCCCCC(=O)N2C[C@H](OC(=O)CCC(=O)NC)C[C@H]2COC(c2ccccc2)(c2ccc(OC)cc2)c2ccc(OC)cc2)c(=O)c2ccc(C)nc21.[C-]#[N+]CCOP(O[C@@H]1C[C@@H](COC(c2ccccc2)(c2ccc(OC)cc2)c2ccc(OC)cc2)N(C(=O)CCCCCCC(=O)[C@@H](C)c2ccc(CC(C)C)cc2)C1)N(C(C)C)C(C)C. The Bertz CT molecular complexity index is 5060. The molecule has 2 aliphatic heterocycles. The smallest absolute Gasteiger partial charge is 0.306 e. The van der Waals surface area contributed by atoms with Crippen LogP contribution in [0.25, 0.3) is 15.9 Å². The van der Waals surface area contributed by atoms with Crippen LogP contribution >= 0.6 is 8.53 Å². The summed E-state index contributed by atoms with van der Waals surface area (Å²) in [4.78, 5) is 105. The van der Waals surface area contributed by atoms with Crippen LogP contribution in [0.2, 0.25) is 0 Å². The summed E-state index contributed by atoms with van der Waals surface area (Å²) in [6, 6.07) is 63.0. The Morgan fingerprint density at radius 1 is 0.543 bits per heavy atom. The van der Waals surface area contributed by atoms with Gasteiger partial charge in [0.15, 0.2) is 5.78 Å². The second kappa shape index (κ2) is 49.7. The van der Waals surface area contributed by atoms with Gasteiger partial charge >= 0.3 is 5.97 Å². The zero-order valence-corrected chi connectivity index (χ0v) is 78.7. The molecular formula is C105H132N7O16P. The van der Waals surface area contributed by atoms with Crippen molar-refractivity contribution < 1.29 is 71.0 Å². The summed E-state index contributed by atoms with van der Waals surface area (Å²) in [7, 11) is 6.54. The van der Waals surface area contributed by atoms with Crippen LogP contribution in [-0.4, -0.2) is 171 Å². The number of aromatic nitrogens is 2. The van der Waals surface area contributed by atoms with Crippen molar-refractivity contribution in [2.75, 3.05) is 74.9 Å². The van der Waals surface area contributed by atoms with E-state index in [2.05, 4.69) is 97.8 Å². The normalized spacial score (nSPS) is 15.6. The number of carbonyl (C=O) groups is 6. The summed E-state index contributed by atoms with van der Waals surface area (Å²) >= 11 is 0. The molecule has 129 heavy (non-hydrogen) atoms. The van der Waals surface area contributed by atoms with Gasteiger partial charge in [-0.15, -0.1) is 0 Å². The maximum absolute atomic E-state index is 14.5. The minimum absolute atomic E-state index is 0.00238. The van der Waals surface area contributed by atoms with Crippen LogP contribution < -0.4 is 29.7 Å². The van der Waals surface area contributed by atoms with Crippen molar-refractivity contribution in [1.82, 2.24) is 29.3 Å². The van der Waals surface area contributed by atoms with Crippen molar-refractivity contribution in [3.8, 4) is 23.0 Å². The summed E-state index contributed by atoms with van der Waals surface area (Å²) in [6.45, 7) is 28.2. The van der Waals surface area contributed by atoms with Gasteiger partial charge in [-0.25, -0.2) is 16.2 Å². The van der Waals surface area contributed by atoms with Crippen molar-refractivity contribution >= 4 is 54.8 Å². The zero-order chi connectivity index (χ0) is 92.6. The number of Topliss-reactive ketones (excluding diaryl/α,β-unsaturated/α-hetero) is 2. The Hall–Kier alpha value is -11.0. The number of amides is 3. The van der Waals surface area contributed by atoms with Crippen molar-refractivity contribution in [2.45, 2.75) is 232 Å². The quantitative estimate of drug-likeness (QED) is 0.00930. The van der Waals surface area contributed by atoms with Crippen LogP contribution in [-0.2, 0) is 71.4 Å². The molecule has 2 saturated heterocycles. The Labute approximate surface area is 764 Å². The number of pyridine rings is 2. The molecule has 0 saturated carbocycles. The van der Waals surface area contributed by atoms with Crippen LogP contribution in [0, 0.1) is 19.4 Å². The van der Waals surface area contributed by atoms with Crippen molar-refractivity contribution in [1.29, 1.82) is 0 Å². The number of aryl methyl sites for hydroxylation is 2. The fraction of sp³-hybridized carbons (Fsp3) is 0.457. The number of likely N-dealkylation sites (tertiary alicyclic amines) is 2. The lowest BCUT2D eigenvalue weighted by atomic mass is 9.80. The molecule has 2 aromatic heterocycles. The molecule has 0 spiro atoms. The second-order valence-corrected chi connectivity index (χ2v) is 35.7. The molecule has 24 heteroatoms. The fourth-order valence-corrected chi connectivity index (χ4v) is 19.0. The molecule has 0 bridgehead atoms. The molecule has 23 nitrogen and oxygen atoms in total. The predicted molar refractivity (Wildman–Crippen MR) is 506 cm³/mol. The molecule has 688 valence electrons. The highest BCUT2D eigenvalue weighted by molar-refractivity contribution is 7.44. The average molecular weight is 1780 g/mol. The number of methoxy groups -OCH3 is 4. The van der Waals surface area contributed by atoms with E-state index in [-0.39, 0.29) is 129 Å². The molecule has 2 aliphatic rings. The minimum atomic E-state index is -1.52. The fourth-order valence-electron chi connectivity index (χ4n) is 17.3. The van der Waals surface area contributed by atoms with Gasteiger partial charge in [-0.2, -0.15) is 0 Å². The van der Waals surface area contributed by atoms with Gasteiger partial charge < -0.3 is 66.7 Å². The molecule has 7 aromatic carbocycles. The van der Waals surface area contributed by atoms with Crippen LogP contribution in [0.3, 0.4) is 0 Å². The van der Waals surface area contributed by atoms with E-state index in [4.69, 9.17) is 48.8 Å². The monoisotopic (exact) mass is 1780 g/mol. The molecule has 6 atom stereocenters. The molecule has 4 heterocycles. The van der Waals surface area contributed by atoms with E-state index in [1.807, 2.05) is 176 Å². The Kier molecular flexibility index (Phi) is 38.6. The van der Waals surface area contributed by atoms with Crippen LogP contribution in [0.5, 0.6) is 23.0 Å². The number of benzene rings is 7. The van der Waals surface area contributed by atoms with Crippen molar-refractivity contribution in [2.24, 2.45) is 5.92 Å². The first-order valence-corrected chi connectivity index (χ1v) is 46.8. The first kappa shape index (κ1) is 100. The lowest BCUT2D eigenvalue weighted by Crippen LogP contribution is -2.42. The van der Waals surface area contributed by atoms with Gasteiger partial charge in [0.2, 0.25) is 29.7 Å². The number of esters is 1. The molecule has 3 amide bonds. The highest BCUT2D eigenvalue weighted by atomic mass is 31.2. The van der Waals surface area contributed by atoms with Gasteiger partial charge in [0, 0.05) is 88.6 Å². The Balaban J connectivity index is 0.000000269. The number of nitrogens with one attached hydrogen (secondary N) is 1. The largest absolute Gasteiger partial charge is 0.497 e. The van der Waals surface area contributed by atoms with Gasteiger partial charge in [0.1, 0.15) is 58.3 Å². The average Bonchev–Trinajstić information content (AvgIpc) is 1.22. The third-order valence-electron chi connectivity index (χ3n) is 24.2. The summed E-state index contributed by atoms with van der Waals surface area (Å²) < 4.78 is 59.9. The van der Waals surface area contributed by atoms with Crippen LogP contribution in [0.15, 0.2) is 205 Å². The Morgan fingerprint density at radius 3 is 1.42 bits per heavy atom. The van der Waals surface area contributed by atoms with Gasteiger partial charge in [0.25, 0.3) is 8.53 Å². The van der Waals surface area contributed by atoms with Gasteiger partial charge in [0.05, 0.1) is 83.8 Å². The van der Waals surface area contributed by atoms with Crippen molar-refractivity contribution in [3.05, 3.63) is 278 Å². The van der Waals surface area contributed by atoms with E-state index < -0.39 is 37.8 Å². The predicted octanol–water partition coefficient (Wildman–Crippen LogP) is 19.5. The number of carbonyl (C=O) groups excluding carboxylic acids is 6. The summed E-state index contributed by atoms with van der Waals surface area (Å²) in [5.74, 6) is 2.56. The maximum atomic E-state index is 14.5.